The minimum Gasteiger partial charge on any atom is -0.467 e. The molecule has 0 spiro atoms. The average Bonchev–Trinajstić information content (AvgIpc) is 2.90. The van der Waals surface area contributed by atoms with Gasteiger partial charge >= 0.3 is 6.18 Å². The third kappa shape index (κ3) is 5.39. The largest absolute Gasteiger partial charge is 0.467 e. The molecule has 0 bridgehead atoms. The van der Waals surface area contributed by atoms with Crippen LogP contribution in [0.5, 0.6) is 0 Å². The van der Waals surface area contributed by atoms with Crippen molar-refractivity contribution in [2.75, 3.05) is 26.3 Å². The number of nitrogens with one attached hydrogen (secondary N) is 1. The van der Waals surface area contributed by atoms with Crippen LogP contribution in [-0.4, -0.2) is 49.3 Å². The van der Waals surface area contributed by atoms with Crippen LogP contribution in [0.2, 0.25) is 0 Å². The molecule has 0 saturated carbocycles. The Kier molecular flexibility index (Phi) is 5.24. The van der Waals surface area contributed by atoms with Gasteiger partial charge < -0.3 is 19.4 Å². The summed E-state index contributed by atoms with van der Waals surface area (Å²) >= 11 is 0. The molecule has 1 atom stereocenters. The molecule has 1 unspecified atom stereocenters. The highest BCUT2D eigenvalue weighted by Gasteiger charge is 2.34. The Morgan fingerprint density at radius 2 is 2.29 bits per heavy atom. The first-order chi connectivity index (χ1) is 9.94. The van der Waals surface area contributed by atoms with Gasteiger partial charge in [-0.3, -0.25) is 4.79 Å². The van der Waals surface area contributed by atoms with Crippen molar-refractivity contribution in [2.24, 2.45) is 0 Å². The van der Waals surface area contributed by atoms with E-state index >= 15 is 0 Å². The molecule has 118 valence electrons. The lowest BCUT2D eigenvalue weighted by Gasteiger charge is -2.27. The topological polar surface area (TPSA) is 54.7 Å². The van der Waals surface area contributed by atoms with Crippen LogP contribution >= 0.6 is 0 Å². The van der Waals surface area contributed by atoms with Gasteiger partial charge in [0, 0.05) is 19.0 Å². The second-order valence-electron chi connectivity index (χ2n) is 4.87. The summed E-state index contributed by atoms with van der Waals surface area (Å²) < 4.78 is 48.0. The second kappa shape index (κ2) is 6.95. The number of rotatable bonds is 5. The summed E-state index contributed by atoms with van der Waals surface area (Å²) in [6, 6.07) is 2.86. The summed E-state index contributed by atoms with van der Waals surface area (Å²) in [5.41, 5.74) is 0. The molecule has 2 heterocycles. The van der Waals surface area contributed by atoms with E-state index in [1.54, 1.807) is 12.1 Å². The Morgan fingerprint density at radius 1 is 1.48 bits per heavy atom. The lowest BCUT2D eigenvalue weighted by molar-refractivity contribution is -0.163. The van der Waals surface area contributed by atoms with Crippen molar-refractivity contribution in [1.29, 1.82) is 0 Å². The molecule has 8 heteroatoms. The zero-order valence-electron chi connectivity index (χ0n) is 11.4. The quantitative estimate of drug-likeness (QED) is 0.897. The molecule has 1 N–H and O–H groups in total. The summed E-state index contributed by atoms with van der Waals surface area (Å²) in [5, 5.41) is 3.05. The molecule has 0 aromatic carbocycles. The summed E-state index contributed by atoms with van der Waals surface area (Å²) in [5.74, 6) is -0.257. The zero-order valence-corrected chi connectivity index (χ0v) is 11.4. The smallest absolute Gasteiger partial charge is 0.406 e. The van der Waals surface area contributed by atoms with E-state index in [-0.39, 0.29) is 19.0 Å². The van der Waals surface area contributed by atoms with Gasteiger partial charge in [-0.25, -0.2) is 0 Å². The van der Waals surface area contributed by atoms with Crippen LogP contribution in [0, 0.1) is 0 Å². The number of carbonyl (C=O) groups is 1. The van der Waals surface area contributed by atoms with Gasteiger partial charge in [-0.15, -0.1) is 0 Å². The van der Waals surface area contributed by atoms with Crippen molar-refractivity contribution in [1.82, 2.24) is 10.2 Å². The number of amides is 1. The van der Waals surface area contributed by atoms with Gasteiger partial charge in [0.2, 0.25) is 5.91 Å². The number of nitrogens with zero attached hydrogens (tertiary/aromatic N) is 1. The monoisotopic (exact) mass is 306 g/mol. The predicted octanol–water partition coefficient (Wildman–Crippen LogP) is 1.55. The van der Waals surface area contributed by atoms with Crippen LogP contribution in [0.15, 0.2) is 22.8 Å². The number of ether oxygens (including phenoxy) is 1. The minimum atomic E-state index is -4.45. The molecule has 1 aromatic rings. The fraction of sp³-hybridized carbons (Fsp3) is 0.615. The van der Waals surface area contributed by atoms with Crippen LogP contribution in [-0.2, 0) is 16.1 Å². The number of hydrogen-bond acceptors (Lipinski definition) is 4. The molecule has 0 radical (unpaired) electrons. The van der Waals surface area contributed by atoms with Crippen molar-refractivity contribution in [3.8, 4) is 0 Å². The van der Waals surface area contributed by atoms with E-state index in [0.29, 0.717) is 25.5 Å². The Morgan fingerprint density at radius 3 is 2.86 bits per heavy atom. The summed E-state index contributed by atoms with van der Waals surface area (Å²) in [4.78, 5) is 12.9. The molecule has 1 saturated heterocycles. The predicted molar refractivity (Wildman–Crippen MR) is 67.4 cm³/mol. The molecule has 5 nitrogen and oxygen atoms in total. The van der Waals surface area contributed by atoms with Crippen LogP contribution in [0.25, 0.3) is 0 Å². The van der Waals surface area contributed by atoms with E-state index in [0.717, 1.165) is 4.90 Å². The standard InChI is InChI=1S/C13H17F3N2O3/c14-13(15,16)9-18(7-11-2-1-4-21-11)12(19)6-10-8-20-5-3-17-10/h1-2,4,10,17H,3,5-9H2. The van der Waals surface area contributed by atoms with E-state index < -0.39 is 18.6 Å². The van der Waals surface area contributed by atoms with E-state index in [2.05, 4.69) is 5.32 Å². The third-order valence-electron chi connectivity index (χ3n) is 3.07. The van der Waals surface area contributed by atoms with Gasteiger partial charge in [-0.05, 0) is 12.1 Å². The maximum absolute atomic E-state index is 12.6. The molecule has 21 heavy (non-hydrogen) atoms. The van der Waals surface area contributed by atoms with Crippen LogP contribution in [0.4, 0.5) is 13.2 Å². The van der Waals surface area contributed by atoms with Gasteiger partial charge in [0.15, 0.2) is 0 Å². The number of furan rings is 1. The SMILES string of the molecule is O=C(CC1COCCN1)N(Cc1ccco1)CC(F)(F)F. The highest BCUT2D eigenvalue weighted by Crippen LogP contribution is 2.19. The van der Waals surface area contributed by atoms with Crippen LogP contribution < -0.4 is 5.32 Å². The first kappa shape index (κ1) is 15.8. The van der Waals surface area contributed by atoms with Gasteiger partial charge in [0.25, 0.3) is 0 Å². The highest BCUT2D eigenvalue weighted by atomic mass is 19.4. The Bertz CT molecular complexity index is 442. The number of carbonyl (C=O) groups excluding carboxylic acids is 1. The van der Waals surface area contributed by atoms with Crippen molar-refractivity contribution in [3.63, 3.8) is 0 Å². The molecule has 1 aliphatic rings. The Labute approximate surface area is 120 Å². The fourth-order valence-corrected chi connectivity index (χ4v) is 2.13. The van der Waals surface area contributed by atoms with Crippen molar-refractivity contribution in [3.05, 3.63) is 24.2 Å². The fourth-order valence-electron chi connectivity index (χ4n) is 2.13. The lowest BCUT2D eigenvalue weighted by Crippen LogP contribution is -2.46. The normalized spacial score (nSPS) is 19.5. The maximum atomic E-state index is 12.6. The average molecular weight is 306 g/mol. The van der Waals surface area contributed by atoms with Gasteiger partial charge in [-0.2, -0.15) is 13.2 Å². The molecule has 2 rings (SSSR count). The molecule has 1 aliphatic heterocycles. The van der Waals surface area contributed by atoms with Crippen LogP contribution in [0.1, 0.15) is 12.2 Å². The first-order valence-electron chi connectivity index (χ1n) is 6.62. The zero-order chi connectivity index (χ0) is 15.3. The number of alkyl halides is 3. The maximum Gasteiger partial charge on any atom is 0.406 e. The van der Waals surface area contributed by atoms with E-state index in [9.17, 15) is 18.0 Å². The number of halogens is 3. The highest BCUT2D eigenvalue weighted by molar-refractivity contribution is 5.76. The molecular formula is C13H17F3N2O3. The van der Waals surface area contributed by atoms with Crippen molar-refractivity contribution in [2.45, 2.75) is 25.2 Å². The van der Waals surface area contributed by atoms with Crippen molar-refractivity contribution < 1.29 is 27.1 Å². The van der Waals surface area contributed by atoms with Crippen molar-refractivity contribution >= 4 is 5.91 Å². The molecule has 1 fully saturated rings. The van der Waals surface area contributed by atoms with E-state index in [4.69, 9.17) is 9.15 Å². The first-order valence-corrected chi connectivity index (χ1v) is 6.62. The lowest BCUT2D eigenvalue weighted by atomic mass is 10.1. The summed E-state index contributed by atoms with van der Waals surface area (Å²) in [7, 11) is 0. The van der Waals surface area contributed by atoms with Gasteiger partial charge in [-0.1, -0.05) is 0 Å². The summed E-state index contributed by atoms with van der Waals surface area (Å²) in [6.07, 6.45) is -3.11. The van der Waals surface area contributed by atoms with E-state index in [1.165, 1.54) is 6.26 Å². The van der Waals surface area contributed by atoms with E-state index in [1.807, 2.05) is 0 Å². The Hall–Kier alpha value is -1.54. The summed E-state index contributed by atoms with van der Waals surface area (Å²) in [6.45, 7) is -0.0237. The van der Waals surface area contributed by atoms with Gasteiger partial charge in [0.05, 0.1) is 26.0 Å². The molecule has 1 aromatic heterocycles. The molecule has 1 amide bonds. The minimum absolute atomic E-state index is 0.0310. The third-order valence-corrected chi connectivity index (χ3v) is 3.07. The Balaban J connectivity index is 1.97. The number of hydrogen-bond donors (Lipinski definition) is 1. The molecular weight excluding hydrogens is 289 g/mol. The van der Waals surface area contributed by atoms with Gasteiger partial charge in [0.1, 0.15) is 12.3 Å². The second-order valence-corrected chi connectivity index (χ2v) is 4.87. The van der Waals surface area contributed by atoms with Crippen LogP contribution in [0.3, 0.4) is 0 Å². The number of morpholine rings is 1. The molecule has 0 aliphatic carbocycles.